The van der Waals surface area contributed by atoms with Crippen LogP contribution in [0.2, 0.25) is 0 Å². The van der Waals surface area contributed by atoms with Crippen LogP contribution in [-0.4, -0.2) is 21.4 Å². The molecule has 0 bridgehead atoms. The smallest absolute Gasteiger partial charge is 0.0746 e. The molecule has 0 spiro atoms. The van der Waals surface area contributed by atoms with Crippen LogP contribution in [-0.2, 0) is 6.54 Å². The van der Waals surface area contributed by atoms with Gasteiger partial charge in [-0.1, -0.05) is 24.3 Å². The number of nitrogens with one attached hydrogen (secondary N) is 1. The van der Waals surface area contributed by atoms with Crippen LogP contribution in [0.15, 0.2) is 54.9 Å². The Morgan fingerprint density at radius 1 is 1.14 bits per heavy atom. The van der Waals surface area contributed by atoms with Crippen LogP contribution in [0.25, 0.3) is 10.9 Å². The van der Waals surface area contributed by atoms with Crippen LogP contribution in [0.3, 0.4) is 0 Å². The number of likely N-dealkylation sites (tertiary alicyclic amines) is 1. The lowest BCUT2D eigenvalue weighted by molar-refractivity contribution is 0.246. The van der Waals surface area contributed by atoms with E-state index in [9.17, 15) is 0 Å². The van der Waals surface area contributed by atoms with E-state index in [4.69, 9.17) is 0 Å². The van der Waals surface area contributed by atoms with Gasteiger partial charge in [-0.2, -0.15) is 0 Å². The zero-order chi connectivity index (χ0) is 14.1. The molecule has 2 aromatic heterocycles. The van der Waals surface area contributed by atoms with E-state index in [2.05, 4.69) is 51.3 Å². The first-order valence-corrected chi connectivity index (χ1v) is 7.62. The van der Waals surface area contributed by atoms with Crippen molar-refractivity contribution in [1.82, 2.24) is 14.9 Å². The number of fused-ring (bicyclic) bond motifs is 1. The second-order valence-corrected chi connectivity index (χ2v) is 5.75. The van der Waals surface area contributed by atoms with Gasteiger partial charge in [0.15, 0.2) is 0 Å². The summed E-state index contributed by atoms with van der Waals surface area (Å²) < 4.78 is 0. The van der Waals surface area contributed by atoms with Crippen molar-refractivity contribution in [2.24, 2.45) is 0 Å². The highest BCUT2D eigenvalue weighted by atomic mass is 15.2. The lowest BCUT2D eigenvalue weighted by Gasteiger charge is -2.24. The molecule has 0 amide bonds. The van der Waals surface area contributed by atoms with Gasteiger partial charge >= 0.3 is 0 Å². The molecule has 1 atom stereocenters. The third-order valence-electron chi connectivity index (χ3n) is 4.43. The maximum Gasteiger partial charge on any atom is 0.0746 e. The molecule has 1 unspecified atom stereocenters. The summed E-state index contributed by atoms with van der Waals surface area (Å²) in [7, 11) is 0. The highest BCUT2D eigenvalue weighted by molar-refractivity contribution is 5.81. The van der Waals surface area contributed by atoms with E-state index in [1.54, 1.807) is 0 Å². The molecular formula is C18H19N3. The van der Waals surface area contributed by atoms with Crippen LogP contribution in [0.4, 0.5) is 0 Å². The number of pyridine rings is 1. The SMILES string of the molecule is c1c[nH]c(C2CCCN2Cc2cccc3cccnc23)c1. The zero-order valence-electron chi connectivity index (χ0n) is 12.0. The lowest BCUT2D eigenvalue weighted by Crippen LogP contribution is -2.23. The first-order valence-electron chi connectivity index (χ1n) is 7.62. The van der Waals surface area contributed by atoms with Gasteiger partial charge in [-0.05, 0) is 43.1 Å². The van der Waals surface area contributed by atoms with E-state index in [-0.39, 0.29) is 0 Å². The molecule has 0 aliphatic carbocycles. The van der Waals surface area contributed by atoms with Gasteiger partial charge < -0.3 is 4.98 Å². The molecule has 3 heteroatoms. The van der Waals surface area contributed by atoms with Crippen molar-refractivity contribution in [3.63, 3.8) is 0 Å². The molecule has 3 nitrogen and oxygen atoms in total. The molecule has 1 aliphatic rings. The van der Waals surface area contributed by atoms with Crippen molar-refractivity contribution in [3.8, 4) is 0 Å². The highest BCUT2D eigenvalue weighted by Crippen LogP contribution is 2.33. The first kappa shape index (κ1) is 12.6. The van der Waals surface area contributed by atoms with E-state index in [1.807, 2.05) is 18.5 Å². The number of aromatic nitrogens is 2. The summed E-state index contributed by atoms with van der Waals surface area (Å²) in [6.07, 6.45) is 6.41. The minimum absolute atomic E-state index is 0.513. The van der Waals surface area contributed by atoms with Crippen LogP contribution < -0.4 is 0 Å². The standard InChI is InChI=1S/C18H19N3/c1-5-14-7-2-11-20-18(14)15(6-1)13-21-12-4-9-17(21)16-8-3-10-19-16/h1-3,5-8,10-11,17,19H,4,9,12-13H2. The van der Waals surface area contributed by atoms with Crippen molar-refractivity contribution < 1.29 is 0 Å². The van der Waals surface area contributed by atoms with Crippen molar-refractivity contribution in [2.45, 2.75) is 25.4 Å². The summed E-state index contributed by atoms with van der Waals surface area (Å²) >= 11 is 0. The Morgan fingerprint density at radius 3 is 3.00 bits per heavy atom. The summed E-state index contributed by atoms with van der Waals surface area (Å²) in [6.45, 7) is 2.13. The molecule has 1 fully saturated rings. The molecule has 3 aromatic rings. The summed E-state index contributed by atoms with van der Waals surface area (Å²) in [4.78, 5) is 10.5. The van der Waals surface area contributed by atoms with Gasteiger partial charge in [-0.3, -0.25) is 9.88 Å². The van der Waals surface area contributed by atoms with Crippen molar-refractivity contribution in [1.29, 1.82) is 0 Å². The van der Waals surface area contributed by atoms with Crippen molar-refractivity contribution in [2.75, 3.05) is 6.54 Å². The number of hydrogen-bond acceptors (Lipinski definition) is 2. The lowest BCUT2D eigenvalue weighted by atomic mass is 10.1. The van der Waals surface area contributed by atoms with Gasteiger partial charge in [0.1, 0.15) is 0 Å². The van der Waals surface area contributed by atoms with Gasteiger partial charge in [0, 0.05) is 30.0 Å². The number of aromatic amines is 1. The quantitative estimate of drug-likeness (QED) is 0.787. The number of nitrogens with zero attached hydrogens (tertiary/aromatic N) is 2. The maximum absolute atomic E-state index is 4.58. The van der Waals surface area contributed by atoms with Crippen LogP contribution >= 0.6 is 0 Å². The molecule has 1 saturated heterocycles. The van der Waals surface area contributed by atoms with Crippen LogP contribution in [0, 0.1) is 0 Å². The van der Waals surface area contributed by atoms with E-state index >= 15 is 0 Å². The first-order chi connectivity index (χ1) is 10.4. The van der Waals surface area contributed by atoms with Gasteiger partial charge in [0.2, 0.25) is 0 Å². The van der Waals surface area contributed by atoms with Crippen LogP contribution in [0.5, 0.6) is 0 Å². The molecule has 0 radical (unpaired) electrons. The molecule has 3 heterocycles. The normalized spacial score (nSPS) is 19.3. The van der Waals surface area contributed by atoms with Gasteiger partial charge in [0.25, 0.3) is 0 Å². The van der Waals surface area contributed by atoms with Gasteiger partial charge in [-0.25, -0.2) is 0 Å². The maximum atomic E-state index is 4.58. The molecule has 1 N–H and O–H groups in total. The molecule has 21 heavy (non-hydrogen) atoms. The summed E-state index contributed by atoms with van der Waals surface area (Å²) in [5.41, 5.74) is 3.80. The Hall–Kier alpha value is -2.13. The average molecular weight is 277 g/mol. The molecule has 1 aliphatic heterocycles. The summed E-state index contributed by atoms with van der Waals surface area (Å²) in [6, 6.07) is 15.4. The number of para-hydroxylation sites is 1. The number of H-pyrrole nitrogens is 1. The van der Waals surface area contributed by atoms with Gasteiger partial charge in [-0.15, -0.1) is 0 Å². The number of rotatable bonds is 3. The zero-order valence-corrected chi connectivity index (χ0v) is 12.0. The van der Waals surface area contributed by atoms with Crippen molar-refractivity contribution in [3.05, 3.63) is 66.1 Å². The second-order valence-electron chi connectivity index (χ2n) is 5.75. The van der Waals surface area contributed by atoms with E-state index in [0.717, 1.165) is 18.6 Å². The predicted octanol–water partition coefficient (Wildman–Crippen LogP) is 3.90. The van der Waals surface area contributed by atoms with Gasteiger partial charge in [0.05, 0.1) is 11.6 Å². The summed E-state index contributed by atoms with van der Waals surface area (Å²) in [5, 5.41) is 1.23. The Morgan fingerprint density at radius 2 is 2.10 bits per heavy atom. The Balaban J connectivity index is 1.65. The van der Waals surface area contributed by atoms with Crippen molar-refractivity contribution >= 4 is 10.9 Å². The topological polar surface area (TPSA) is 31.9 Å². The fourth-order valence-electron chi connectivity index (χ4n) is 3.43. The monoisotopic (exact) mass is 277 g/mol. The van der Waals surface area contributed by atoms with Crippen LogP contribution in [0.1, 0.15) is 30.1 Å². The fraction of sp³-hybridized carbons (Fsp3) is 0.278. The largest absolute Gasteiger partial charge is 0.364 e. The Kier molecular flexibility index (Phi) is 3.20. The predicted molar refractivity (Wildman–Crippen MR) is 84.9 cm³/mol. The number of benzene rings is 1. The highest BCUT2D eigenvalue weighted by Gasteiger charge is 2.26. The van der Waals surface area contributed by atoms with E-state index in [0.29, 0.717) is 6.04 Å². The minimum atomic E-state index is 0.513. The third-order valence-corrected chi connectivity index (χ3v) is 4.43. The average Bonchev–Trinajstić information content (AvgIpc) is 3.18. The van der Waals surface area contributed by atoms with E-state index < -0.39 is 0 Å². The Labute approximate surface area is 124 Å². The molecule has 0 saturated carbocycles. The minimum Gasteiger partial charge on any atom is -0.364 e. The molecular weight excluding hydrogens is 258 g/mol. The molecule has 4 rings (SSSR count). The van der Waals surface area contributed by atoms with E-state index in [1.165, 1.54) is 29.5 Å². The molecule has 1 aromatic carbocycles. The number of hydrogen-bond donors (Lipinski definition) is 1. The Bertz CT molecular complexity index is 728. The second kappa shape index (κ2) is 5.34. The third kappa shape index (κ3) is 2.34. The fourth-order valence-corrected chi connectivity index (χ4v) is 3.43. The molecule has 106 valence electrons. The summed E-state index contributed by atoms with van der Waals surface area (Å²) in [5.74, 6) is 0.